The highest BCUT2D eigenvalue weighted by Crippen LogP contribution is 2.65. The van der Waals surface area contributed by atoms with Crippen LogP contribution in [0, 0.1) is 24.2 Å². The summed E-state index contributed by atoms with van der Waals surface area (Å²) in [6.45, 7) is 2.13. The van der Waals surface area contributed by atoms with Crippen molar-refractivity contribution in [2.24, 2.45) is 22.4 Å². The van der Waals surface area contributed by atoms with Crippen molar-refractivity contribution in [2.45, 2.75) is 50.9 Å². The van der Waals surface area contributed by atoms with E-state index in [1.807, 2.05) is 0 Å². The second-order valence-corrected chi connectivity index (χ2v) is 10.0. The van der Waals surface area contributed by atoms with Gasteiger partial charge in [-0.2, -0.15) is 5.10 Å². The molecule has 1 amide bonds. The maximum absolute atomic E-state index is 13.4. The van der Waals surface area contributed by atoms with Crippen molar-refractivity contribution in [1.82, 2.24) is 5.43 Å². The summed E-state index contributed by atoms with van der Waals surface area (Å²) < 4.78 is 5.14. The van der Waals surface area contributed by atoms with Crippen molar-refractivity contribution in [1.29, 1.82) is 0 Å². The summed E-state index contributed by atoms with van der Waals surface area (Å²) in [6.07, 6.45) is 8.16. The second-order valence-electron chi connectivity index (χ2n) is 10.0. The summed E-state index contributed by atoms with van der Waals surface area (Å²) in [5, 5.41) is 14.0. The first-order chi connectivity index (χ1) is 14.9. The van der Waals surface area contributed by atoms with E-state index in [1.54, 1.807) is 24.4 Å². The Labute approximate surface area is 183 Å². The number of hydrazone groups is 1. The molecule has 162 valence electrons. The fourth-order valence-corrected chi connectivity index (χ4v) is 6.83. The van der Waals surface area contributed by atoms with Gasteiger partial charge in [0, 0.05) is 0 Å². The molecule has 5 heteroatoms. The minimum absolute atomic E-state index is 0.0556. The summed E-state index contributed by atoms with van der Waals surface area (Å²) in [6, 6.07) is 14.0. The number of aryl methyl sites for hydroxylation is 1. The number of carbonyl (C=O) groups excluding carboxylic acids is 1. The number of rotatable bonds is 5. The van der Waals surface area contributed by atoms with Crippen LogP contribution < -0.4 is 10.2 Å². The monoisotopic (exact) mass is 418 g/mol. The van der Waals surface area contributed by atoms with E-state index in [-0.39, 0.29) is 22.5 Å². The Kier molecular flexibility index (Phi) is 4.80. The van der Waals surface area contributed by atoms with E-state index in [9.17, 15) is 9.90 Å². The van der Waals surface area contributed by atoms with Gasteiger partial charge in [0.1, 0.15) is 0 Å². The molecule has 2 atom stereocenters. The van der Waals surface area contributed by atoms with Crippen molar-refractivity contribution in [3.8, 4) is 11.5 Å². The number of aromatic hydroxyl groups is 1. The number of methoxy groups -OCH3 is 1. The van der Waals surface area contributed by atoms with E-state index < -0.39 is 0 Å². The van der Waals surface area contributed by atoms with Gasteiger partial charge in [-0.05, 0) is 92.0 Å². The highest BCUT2D eigenvalue weighted by molar-refractivity contribution is 5.86. The second kappa shape index (κ2) is 7.40. The Balaban J connectivity index is 1.36. The molecule has 0 unspecified atom stereocenters. The third-order valence-electron chi connectivity index (χ3n) is 7.79. The SMILES string of the molecule is COc1cc(/C=N\NC(=O)C23C[C@@H]4C[C@@H](C2)CC(c2ccc(C)cc2)(C4)C3)ccc1O. The number of nitrogens with one attached hydrogen (secondary N) is 1. The summed E-state index contributed by atoms with van der Waals surface area (Å²) in [5.74, 6) is 1.77. The zero-order valence-electron chi connectivity index (χ0n) is 18.2. The van der Waals surface area contributed by atoms with E-state index >= 15 is 0 Å². The third-order valence-corrected chi connectivity index (χ3v) is 7.79. The van der Waals surface area contributed by atoms with Gasteiger partial charge in [-0.1, -0.05) is 29.8 Å². The fourth-order valence-electron chi connectivity index (χ4n) is 6.83. The number of amides is 1. The molecule has 4 aliphatic rings. The molecule has 5 nitrogen and oxygen atoms in total. The maximum Gasteiger partial charge on any atom is 0.246 e. The Morgan fingerprint density at radius 1 is 1.13 bits per heavy atom. The minimum atomic E-state index is -0.320. The van der Waals surface area contributed by atoms with E-state index in [2.05, 4.69) is 41.7 Å². The van der Waals surface area contributed by atoms with Gasteiger partial charge in [0.2, 0.25) is 5.91 Å². The molecular formula is C26H30N2O3. The highest BCUT2D eigenvalue weighted by Gasteiger charge is 2.60. The molecule has 0 spiro atoms. The Bertz CT molecular complexity index is 1010. The van der Waals surface area contributed by atoms with Gasteiger partial charge in [-0.25, -0.2) is 5.43 Å². The van der Waals surface area contributed by atoms with Crippen LogP contribution in [-0.4, -0.2) is 24.3 Å². The summed E-state index contributed by atoms with van der Waals surface area (Å²) in [7, 11) is 1.51. The lowest BCUT2D eigenvalue weighted by molar-refractivity contribution is -0.149. The Morgan fingerprint density at radius 2 is 1.84 bits per heavy atom. The molecule has 6 rings (SSSR count). The molecule has 4 fully saturated rings. The number of benzene rings is 2. The van der Waals surface area contributed by atoms with Gasteiger partial charge >= 0.3 is 0 Å². The zero-order valence-corrected chi connectivity index (χ0v) is 18.2. The van der Waals surface area contributed by atoms with Crippen LogP contribution in [0.2, 0.25) is 0 Å². The quantitative estimate of drug-likeness (QED) is 0.546. The molecule has 4 bridgehead atoms. The van der Waals surface area contributed by atoms with Crippen molar-refractivity contribution < 1.29 is 14.6 Å². The number of ether oxygens (including phenoxy) is 1. The third kappa shape index (κ3) is 3.50. The number of hydrogen-bond acceptors (Lipinski definition) is 4. The van der Waals surface area contributed by atoms with Gasteiger partial charge < -0.3 is 9.84 Å². The van der Waals surface area contributed by atoms with E-state index in [0.717, 1.165) is 24.8 Å². The maximum atomic E-state index is 13.4. The lowest BCUT2D eigenvalue weighted by Gasteiger charge is -2.61. The molecule has 2 aromatic rings. The molecule has 2 aromatic carbocycles. The summed E-state index contributed by atoms with van der Waals surface area (Å²) in [4.78, 5) is 13.4. The van der Waals surface area contributed by atoms with Crippen LogP contribution in [0.3, 0.4) is 0 Å². The normalized spacial score (nSPS) is 31.2. The smallest absolute Gasteiger partial charge is 0.246 e. The van der Waals surface area contributed by atoms with Gasteiger partial charge in [0.05, 0.1) is 18.7 Å². The van der Waals surface area contributed by atoms with E-state index in [1.165, 1.54) is 37.5 Å². The molecule has 0 heterocycles. The minimum Gasteiger partial charge on any atom is -0.504 e. The zero-order chi connectivity index (χ0) is 21.6. The first kappa shape index (κ1) is 20.1. The van der Waals surface area contributed by atoms with E-state index in [4.69, 9.17) is 4.74 Å². The predicted molar refractivity (Wildman–Crippen MR) is 120 cm³/mol. The molecule has 0 saturated heterocycles. The number of carbonyl (C=O) groups is 1. The van der Waals surface area contributed by atoms with Gasteiger partial charge in [-0.3, -0.25) is 4.79 Å². The number of phenols is 1. The molecule has 0 aromatic heterocycles. The first-order valence-electron chi connectivity index (χ1n) is 11.2. The number of nitrogens with zero attached hydrogens (tertiary/aromatic N) is 1. The van der Waals surface area contributed by atoms with Crippen molar-refractivity contribution in [2.75, 3.05) is 7.11 Å². The molecule has 31 heavy (non-hydrogen) atoms. The fraction of sp³-hybridized carbons (Fsp3) is 0.462. The molecular weight excluding hydrogens is 388 g/mol. The molecule has 4 saturated carbocycles. The van der Waals surface area contributed by atoms with Crippen LogP contribution in [0.4, 0.5) is 0 Å². The van der Waals surface area contributed by atoms with Crippen LogP contribution in [0.1, 0.15) is 55.2 Å². The van der Waals surface area contributed by atoms with Crippen LogP contribution >= 0.6 is 0 Å². The molecule has 0 radical (unpaired) electrons. The number of hydrogen-bond donors (Lipinski definition) is 2. The molecule has 0 aliphatic heterocycles. The topological polar surface area (TPSA) is 70.9 Å². The van der Waals surface area contributed by atoms with Crippen molar-refractivity contribution >= 4 is 12.1 Å². The number of phenolic OH excluding ortho intramolecular Hbond substituents is 1. The van der Waals surface area contributed by atoms with Crippen LogP contribution in [-0.2, 0) is 10.2 Å². The van der Waals surface area contributed by atoms with Gasteiger partial charge in [-0.15, -0.1) is 0 Å². The van der Waals surface area contributed by atoms with Gasteiger partial charge in [0.25, 0.3) is 0 Å². The highest BCUT2D eigenvalue weighted by atomic mass is 16.5. The van der Waals surface area contributed by atoms with Crippen molar-refractivity contribution in [3.63, 3.8) is 0 Å². The molecule has 4 aliphatic carbocycles. The van der Waals surface area contributed by atoms with Crippen LogP contribution in [0.25, 0.3) is 0 Å². The average Bonchev–Trinajstić information content (AvgIpc) is 2.74. The van der Waals surface area contributed by atoms with Crippen LogP contribution in [0.5, 0.6) is 11.5 Å². The largest absolute Gasteiger partial charge is 0.504 e. The standard InChI is InChI=1S/C26H30N2O3/c1-17-3-6-21(7-4-17)25-11-19-9-20(12-25)14-26(13-19,16-25)24(30)28-27-15-18-5-8-22(29)23(10-18)31-2/h3-8,10,15,19-20,29H,9,11-14,16H2,1-2H3,(H,28,30)/b27-15-/t19-,20-,25?,26?/m1/s1. The van der Waals surface area contributed by atoms with E-state index in [0.29, 0.717) is 17.6 Å². The summed E-state index contributed by atoms with van der Waals surface area (Å²) in [5.41, 5.74) is 6.10. The summed E-state index contributed by atoms with van der Waals surface area (Å²) >= 11 is 0. The average molecular weight is 419 g/mol. The lowest BCUT2D eigenvalue weighted by Crippen LogP contribution is -2.58. The lowest BCUT2D eigenvalue weighted by atomic mass is 9.42. The van der Waals surface area contributed by atoms with Crippen LogP contribution in [0.15, 0.2) is 47.6 Å². The van der Waals surface area contributed by atoms with Crippen molar-refractivity contribution in [3.05, 3.63) is 59.2 Å². The predicted octanol–water partition coefficient (Wildman–Crippen LogP) is 4.70. The molecule has 2 N–H and O–H groups in total. The first-order valence-corrected chi connectivity index (χ1v) is 11.2. The van der Waals surface area contributed by atoms with Gasteiger partial charge in [0.15, 0.2) is 11.5 Å². The Morgan fingerprint density at radius 3 is 2.52 bits per heavy atom. The Hall–Kier alpha value is -2.82.